The molecular weight excluding hydrogens is 470 g/mol. The number of ether oxygens (including phenoxy) is 4. The fraction of sp³-hybridized carbons (Fsp3) is 0.160. The Balaban J connectivity index is 1.59. The van der Waals surface area contributed by atoms with Crippen LogP contribution in [0.2, 0.25) is 0 Å². The van der Waals surface area contributed by atoms with Crippen molar-refractivity contribution in [2.45, 2.75) is 6.92 Å². The highest BCUT2D eigenvalue weighted by Crippen LogP contribution is 2.29. The molecule has 3 aromatic rings. The van der Waals surface area contributed by atoms with E-state index in [0.29, 0.717) is 22.4 Å². The summed E-state index contributed by atoms with van der Waals surface area (Å²) in [4.78, 5) is 35.0. The van der Waals surface area contributed by atoms with E-state index in [1.165, 1.54) is 38.6 Å². The average Bonchev–Trinajstić information content (AvgIpc) is 2.88. The molecule has 0 saturated carbocycles. The Kier molecular flexibility index (Phi) is 8.54. The summed E-state index contributed by atoms with van der Waals surface area (Å²) in [6.45, 7) is 1.24. The molecule has 36 heavy (non-hydrogen) atoms. The summed E-state index contributed by atoms with van der Waals surface area (Å²) in [5.41, 5.74) is 3.59. The lowest BCUT2D eigenvalue weighted by Crippen LogP contribution is -2.24. The summed E-state index contributed by atoms with van der Waals surface area (Å²) in [6.07, 6.45) is 1.35. The van der Waals surface area contributed by atoms with E-state index in [1.807, 2.05) is 0 Å². The number of amides is 1. The van der Waals surface area contributed by atoms with Crippen molar-refractivity contribution in [1.29, 1.82) is 0 Å². The predicted molar refractivity (Wildman–Crippen MR) is 130 cm³/mol. The van der Waals surface area contributed by atoms with Crippen LogP contribution in [-0.2, 0) is 4.79 Å². The largest absolute Gasteiger partial charge is 0.497 e. The molecule has 0 aromatic heterocycles. The maximum atomic E-state index is 12.5. The van der Waals surface area contributed by atoms with Gasteiger partial charge < -0.3 is 18.9 Å². The quantitative estimate of drug-likeness (QED) is 0.148. The van der Waals surface area contributed by atoms with Crippen LogP contribution in [0.3, 0.4) is 0 Å². The smallest absolute Gasteiger partial charge is 0.343 e. The molecule has 0 fully saturated rings. The number of methoxy groups -OCH3 is 2. The third kappa shape index (κ3) is 6.79. The molecule has 0 bridgehead atoms. The number of nitrogens with one attached hydrogen (secondary N) is 1. The van der Waals surface area contributed by atoms with Crippen molar-refractivity contribution in [2.24, 2.45) is 5.10 Å². The molecule has 1 N–H and O–H groups in total. The number of hydrazone groups is 1. The molecule has 0 unspecified atom stereocenters. The van der Waals surface area contributed by atoms with Crippen molar-refractivity contribution in [3.63, 3.8) is 0 Å². The molecule has 0 radical (unpaired) electrons. The summed E-state index contributed by atoms with van der Waals surface area (Å²) in [5.74, 6) is -0.233. The number of nitrogens with zero attached hydrogens (tertiary/aromatic N) is 2. The van der Waals surface area contributed by atoms with Crippen LogP contribution >= 0.6 is 0 Å². The molecule has 0 spiro atoms. The van der Waals surface area contributed by atoms with Crippen LogP contribution in [-0.4, -0.2) is 43.8 Å². The van der Waals surface area contributed by atoms with Crippen LogP contribution in [0, 0.1) is 17.0 Å². The summed E-state index contributed by atoms with van der Waals surface area (Å²) in [7, 11) is 2.92. The monoisotopic (exact) mass is 493 g/mol. The molecular formula is C25H23N3O8. The molecule has 0 atom stereocenters. The lowest BCUT2D eigenvalue weighted by atomic mass is 10.2. The SMILES string of the molecule is COc1cccc(C(=O)Oc2ccc(C=NNC(=O)COc3ccc(C)cc3[N+](=O)[O-])cc2OC)c1. The topological polar surface area (TPSA) is 139 Å². The minimum Gasteiger partial charge on any atom is -0.497 e. The van der Waals surface area contributed by atoms with E-state index in [0.717, 1.165) is 0 Å². The highest BCUT2D eigenvalue weighted by atomic mass is 16.6. The van der Waals surface area contributed by atoms with Gasteiger partial charge >= 0.3 is 11.7 Å². The highest BCUT2D eigenvalue weighted by Gasteiger charge is 2.16. The zero-order chi connectivity index (χ0) is 26.1. The zero-order valence-electron chi connectivity index (χ0n) is 19.7. The van der Waals surface area contributed by atoms with Crippen molar-refractivity contribution in [2.75, 3.05) is 20.8 Å². The van der Waals surface area contributed by atoms with Gasteiger partial charge in [-0.3, -0.25) is 14.9 Å². The van der Waals surface area contributed by atoms with Crippen LogP contribution in [0.1, 0.15) is 21.5 Å². The number of carbonyl (C=O) groups is 2. The number of benzene rings is 3. The number of hydrogen-bond acceptors (Lipinski definition) is 9. The second-order valence-electron chi connectivity index (χ2n) is 7.34. The van der Waals surface area contributed by atoms with Gasteiger partial charge in [0, 0.05) is 6.07 Å². The molecule has 0 aliphatic heterocycles. The molecule has 0 heterocycles. The second kappa shape index (κ2) is 12.0. The summed E-state index contributed by atoms with van der Waals surface area (Å²) in [5, 5.41) is 15.0. The van der Waals surface area contributed by atoms with E-state index in [2.05, 4.69) is 10.5 Å². The van der Waals surface area contributed by atoms with Gasteiger partial charge in [-0.15, -0.1) is 0 Å². The highest BCUT2D eigenvalue weighted by molar-refractivity contribution is 5.92. The Morgan fingerprint density at radius 2 is 1.78 bits per heavy atom. The minimum absolute atomic E-state index is 0.0199. The van der Waals surface area contributed by atoms with Gasteiger partial charge in [0.05, 0.1) is 30.9 Å². The molecule has 3 aromatic carbocycles. The van der Waals surface area contributed by atoms with Crippen LogP contribution in [0.25, 0.3) is 0 Å². The van der Waals surface area contributed by atoms with Gasteiger partial charge in [-0.05, 0) is 60.5 Å². The van der Waals surface area contributed by atoms with Gasteiger partial charge in [0.2, 0.25) is 0 Å². The maximum absolute atomic E-state index is 12.5. The van der Waals surface area contributed by atoms with Gasteiger partial charge in [-0.25, -0.2) is 10.2 Å². The van der Waals surface area contributed by atoms with Gasteiger partial charge in [0.15, 0.2) is 23.9 Å². The number of nitro benzene ring substituents is 1. The summed E-state index contributed by atoms with van der Waals surface area (Å²) >= 11 is 0. The van der Waals surface area contributed by atoms with Crippen LogP contribution in [0.15, 0.2) is 65.8 Å². The molecule has 11 heteroatoms. The van der Waals surface area contributed by atoms with Gasteiger partial charge in [0.25, 0.3) is 5.91 Å². The fourth-order valence-corrected chi connectivity index (χ4v) is 3.00. The van der Waals surface area contributed by atoms with Gasteiger partial charge in [0.1, 0.15) is 5.75 Å². The maximum Gasteiger partial charge on any atom is 0.343 e. The first-order chi connectivity index (χ1) is 17.3. The predicted octanol–water partition coefficient (Wildman–Crippen LogP) is 3.67. The van der Waals surface area contributed by atoms with E-state index >= 15 is 0 Å². The van der Waals surface area contributed by atoms with Crippen molar-refractivity contribution in [3.8, 4) is 23.0 Å². The van der Waals surface area contributed by atoms with Crippen LogP contribution in [0.5, 0.6) is 23.0 Å². The van der Waals surface area contributed by atoms with Crippen LogP contribution < -0.4 is 24.4 Å². The van der Waals surface area contributed by atoms with Crippen molar-refractivity contribution < 1.29 is 33.5 Å². The van der Waals surface area contributed by atoms with Crippen molar-refractivity contribution in [1.82, 2.24) is 5.43 Å². The van der Waals surface area contributed by atoms with Gasteiger partial charge in [-0.1, -0.05) is 12.1 Å². The fourth-order valence-electron chi connectivity index (χ4n) is 3.00. The molecule has 186 valence electrons. The molecule has 3 rings (SSSR count). The number of carbonyl (C=O) groups excluding carboxylic acids is 2. The first-order valence-electron chi connectivity index (χ1n) is 10.5. The van der Waals surface area contributed by atoms with E-state index < -0.39 is 23.4 Å². The summed E-state index contributed by atoms with van der Waals surface area (Å²) < 4.78 is 21.1. The number of nitro groups is 1. The number of aryl methyl sites for hydroxylation is 1. The Bertz CT molecular complexity index is 1310. The first-order valence-corrected chi connectivity index (χ1v) is 10.5. The third-order valence-electron chi connectivity index (χ3n) is 4.77. The van der Waals surface area contributed by atoms with E-state index in [4.69, 9.17) is 18.9 Å². The first kappa shape index (κ1) is 25.7. The Morgan fingerprint density at radius 1 is 1.00 bits per heavy atom. The Hall–Kier alpha value is -4.93. The average molecular weight is 493 g/mol. The Labute approximate surface area is 206 Å². The number of hydrogen-bond donors (Lipinski definition) is 1. The van der Waals surface area contributed by atoms with E-state index in [-0.39, 0.29) is 22.9 Å². The lowest BCUT2D eigenvalue weighted by Gasteiger charge is -2.10. The summed E-state index contributed by atoms with van der Waals surface area (Å²) in [6, 6.07) is 15.7. The second-order valence-corrected chi connectivity index (χ2v) is 7.34. The third-order valence-corrected chi connectivity index (χ3v) is 4.77. The Morgan fingerprint density at radius 3 is 2.50 bits per heavy atom. The normalized spacial score (nSPS) is 10.5. The lowest BCUT2D eigenvalue weighted by molar-refractivity contribution is -0.385. The van der Waals surface area contributed by atoms with Crippen molar-refractivity contribution in [3.05, 3.63) is 87.5 Å². The minimum atomic E-state index is -0.614. The van der Waals surface area contributed by atoms with Gasteiger partial charge in [-0.2, -0.15) is 5.10 Å². The van der Waals surface area contributed by atoms with E-state index in [9.17, 15) is 19.7 Å². The molecule has 0 aliphatic carbocycles. The number of esters is 1. The molecule has 1 amide bonds. The standard InChI is InChI=1S/C25H23N3O8/c1-16-7-9-21(20(11-16)28(31)32)35-15-24(29)27-26-14-17-8-10-22(23(12-17)34-3)36-25(30)18-5-4-6-19(13-18)33-2/h4-14H,15H2,1-3H3,(H,27,29). The molecule has 11 nitrogen and oxygen atoms in total. The van der Waals surface area contributed by atoms with Crippen molar-refractivity contribution >= 4 is 23.8 Å². The molecule has 0 aliphatic rings. The zero-order valence-corrected chi connectivity index (χ0v) is 19.7. The number of rotatable bonds is 10. The van der Waals surface area contributed by atoms with E-state index in [1.54, 1.807) is 49.4 Å². The van der Waals surface area contributed by atoms with Crippen LogP contribution in [0.4, 0.5) is 5.69 Å². The molecule has 0 saturated heterocycles.